The molecular weight excluding hydrogens is 345 g/mol. The molecule has 0 amide bonds. The second-order valence-corrected chi connectivity index (χ2v) is 6.02. The van der Waals surface area contributed by atoms with Gasteiger partial charge in [-0.1, -0.05) is 12.1 Å². The van der Waals surface area contributed by atoms with Crippen LogP contribution in [0, 0.1) is 15.9 Å². The molecule has 132 valence electrons. The smallest absolute Gasteiger partial charge is 0.269 e. The lowest BCUT2D eigenvalue weighted by Gasteiger charge is -2.04. The van der Waals surface area contributed by atoms with Crippen LogP contribution in [0.1, 0.15) is 0 Å². The molecule has 4 rings (SSSR count). The Hall–Kier alpha value is -3.80. The summed E-state index contributed by atoms with van der Waals surface area (Å²) in [5.41, 5.74) is 5.27. The topological polar surface area (TPSA) is 71.8 Å². The number of hydrogen-bond donors (Lipinski definition) is 1. The molecule has 0 spiro atoms. The van der Waals surface area contributed by atoms with E-state index in [2.05, 4.69) is 9.97 Å². The third-order valence-electron chi connectivity index (χ3n) is 4.33. The highest BCUT2D eigenvalue weighted by Gasteiger charge is 2.14. The third-order valence-corrected chi connectivity index (χ3v) is 4.33. The first-order valence-electron chi connectivity index (χ1n) is 8.26. The molecule has 0 atom stereocenters. The van der Waals surface area contributed by atoms with Gasteiger partial charge in [-0.05, 0) is 53.6 Å². The molecule has 5 nitrogen and oxygen atoms in total. The Balaban J connectivity index is 1.84. The molecular formula is C21H14FN3O2. The highest BCUT2D eigenvalue weighted by molar-refractivity contribution is 5.85. The number of nitrogens with one attached hydrogen (secondary N) is 1. The third kappa shape index (κ3) is 3.32. The quantitative estimate of drug-likeness (QED) is 0.388. The van der Waals surface area contributed by atoms with Gasteiger partial charge in [0.15, 0.2) is 0 Å². The molecule has 2 aromatic heterocycles. The number of pyridine rings is 1. The van der Waals surface area contributed by atoms with E-state index in [0.29, 0.717) is 0 Å². The van der Waals surface area contributed by atoms with Crippen LogP contribution < -0.4 is 0 Å². The van der Waals surface area contributed by atoms with Crippen molar-refractivity contribution in [3.8, 4) is 33.6 Å². The van der Waals surface area contributed by atoms with Crippen molar-refractivity contribution in [2.45, 2.75) is 0 Å². The lowest BCUT2D eigenvalue weighted by Crippen LogP contribution is -1.87. The van der Waals surface area contributed by atoms with Gasteiger partial charge >= 0.3 is 0 Å². The number of nitro benzene ring substituents is 1. The van der Waals surface area contributed by atoms with Crippen LogP contribution in [0.4, 0.5) is 10.1 Å². The van der Waals surface area contributed by atoms with Crippen LogP contribution in [0.15, 0.2) is 79.1 Å². The van der Waals surface area contributed by atoms with Crippen molar-refractivity contribution in [1.82, 2.24) is 9.97 Å². The second kappa shape index (κ2) is 6.84. The maximum Gasteiger partial charge on any atom is 0.269 e. The molecule has 1 N–H and O–H groups in total. The largest absolute Gasteiger partial charge is 0.354 e. The lowest BCUT2D eigenvalue weighted by molar-refractivity contribution is -0.384. The zero-order valence-corrected chi connectivity index (χ0v) is 14.1. The molecule has 27 heavy (non-hydrogen) atoms. The van der Waals surface area contributed by atoms with Crippen molar-refractivity contribution in [2.24, 2.45) is 0 Å². The van der Waals surface area contributed by atoms with Crippen LogP contribution in [0.2, 0.25) is 0 Å². The van der Waals surface area contributed by atoms with Crippen molar-refractivity contribution in [3.63, 3.8) is 0 Å². The van der Waals surface area contributed by atoms with E-state index >= 15 is 0 Å². The number of halogens is 1. The number of nitrogens with zero attached hydrogens (tertiary/aromatic N) is 2. The molecule has 0 bridgehead atoms. The minimum atomic E-state index is -0.426. The van der Waals surface area contributed by atoms with Crippen molar-refractivity contribution in [2.75, 3.05) is 0 Å². The molecule has 4 aromatic rings. The van der Waals surface area contributed by atoms with Crippen LogP contribution in [0.3, 0.4) is 0 Å². The summed E-state index contributed by atoms with van der Waals surface area (Å²) in [5, 5.41) is 10.9. The van der Waals surface area contributed by atoms with Gasteiger partial charge in [0.05, 0.1) is 10.6 Å². The molecule has 0 saturated carbocycles. The number of benzene rings is 2. The van der Waals surface area contributed by atoms with E-state index in [1.54, 1.807) is 36.7 Å². The fraction of sp³-hybridized carbons (Fsp3) is 0. The SMILES string of the molecule is O=[N+]([O-])c1ccc(-c2cc(-c3ccc(F)cc3)c(-c3ccncc3)[nH]2)cc1. The minimum Gasteiger partial charge on any atom is -0.354 e. The molecule has 0 aliphatic heterocycles. The van der Waals surface area contributed by atoms with Crippen LogP contribution >= 0.6 is 0 Å². The summed E-state index contributed by atoms with van der Waals surface area (Å²) in [4.78, 5) is 17.9. The standard InChI is InChI=1S/C21H14FN3O2/c22-17-5-1-14(2-6-17)19-13-20(15-3-7-18(8-4-15)25(26)27)24-21(19)16-9-11-23-12-10-16/h1-13,24H. The Bertz CT molecular complexity index is 1090. The molecule has 6 heteroatoms. The summed E-state index contributed by atoms with van der Waals surface area (Å²) in [5.74, 6) is -0.296. The van der Waals surface area contributed by atoms with E-state index in [9.17, 15) is 14.5 Å². The normalized spacial score (nSPS) is 10.7. The summed E-state index contributed by atoms with van der Waals surface area (Å²) < 4.78 is 13.3. The number of non-ortho nitro benzene ring substituents is 1. The first-order chi connectivity index (χ1) is 13.1. The molecule has 0 radical (unpaired) electrons. The van der Waals surface area contributed by atoms with E-state index in [1.165, 1.54) is 24.3 Å². The van der Waals surface area contributed by atoms with Crippen LogP contribution in [-0.4, -0.2) is 14.9 Å². The van der Waals surface area contributed by atoms with Gasteiger partial charge in [-0.2, -0.15) is 0 Å². The number of aromatic amines is 1. The molecule has 0 fully saturated rings. The average Bonchev–Trinajstić information content (AvgIpc) is 3.15. The maximum atomic E-state index is 13.3. The van der Waals surface area contributed by atoms with Crippen LogP contribution in [0.25, 0.3) is 33.6 Å². The van der Waals surface area contributed by atoms with E-state index in [4.69, 9.17) is 0 Å². The van der Waals surface area contributed by atoms with E-state index in [0.717, 1.165) is 33.6 Å². The van der Waals surface area contributed by atoms with Gasteiger partial charge in [-0.25, -0.2) is 4.39 Å². The average molecular weight is 359 g/mol. The van der Waals surface area contributed by atoms with Gasteiger partial charge in [-0.15, -0.1) is 0 Å². The predicted octanol–water partition coefficient (Wildman–Crippen LogP) is 5.46. The van der Waals surface area contributed by atoms with Crippen molar-refractivity contribution in [1.29, 1.82) is 0 Å². The highest BCUT2D eigenvalue weighted by atomic mass is 19.1. The monoisotopic (exact) mass is 359 g/mol. The zero-order chi connectivity index (χ0) is 18.8. The molecule has 0 aliphatic rings. The van der Waals surface area contributed by atoms with Gasteiger partial charge in [-0.3, -0.25) is 15.1 Å². The van der Waals surface area contributed by atoms with Gasteiger partial charge < -0.3 is 4.98 Å². The Labute approximate surface area is 154 Å². The number of hydrogen-bond acceptors (Lipinski definition) is 3. The first kappa shape index (κ1) is 16.7. The van der Waals surface area contributed by atoms with Gasteiger partial charge in [0.25, 0.3) is 5.69 Å². The Morgan fingerprint density at radius 3 is 2.11 bits per heavy atom. The lowest BCUT2D eigenvalue weighted by atomic mass is 10.0. The van der Waals surface area contributed by atoms with Gasteiger partial charge in [0.2, 0.25) is 0 Å². The molecule has 2 heterocycles. The van der Waals surface area contributed by atoms with Crippen LogP contribution in [0.5, 0.6) is 0 Å². The number of aromatic nitrogens is 2. The highest BCUT2D eigenvalue weighted by Crippen LogP contribution is 2.36. The molecule has 0 unspecified atom stereocenters. The molecule has 0 aliphatic carbocycles. The number of rotatable bonds is 4. The fourth-order valence-corrected chi connectivity index (χ4v) is 2.98. The van der Waals surface area contributed by atoms with Gasteiger partial charge in [0.1, 0.15) is 5.82 Å². The van der Waals surface area contributed by atoms with E-state index in [1.807, 2.05) is 18.2 Å². The summed E-state index contributed by atoms with van der Waals surface area (Å²) in [7, 11) is 0. The summed E-state index contributed by atoms with van der Waals surface area (Å²) in [6.45, 7) is 0. The zero-order valence-electron chi connectivity index (χ0n) is 14.1. The number of nitro groups is 1. The Morgan fingerprint density at radius 2 is 1.48 bits per heavy atom. The van der Waals surface area contributed by atoms with Crippen molar-refractivity contribution >= 4 is 5.69 Å². The Morgan fingerprint density at radius 1 is 0.852 bits per heavy atom. The summed E-state index contributed by atoms with van der Waals surface area (Å²) in [6, 6.07) is 18.4. The number of H-pyrrole nitrogens is 1. The first-order valence-corrected chi connectivity index (χ1v) is 8.26. The summed E-state index contributed by atoms with van der Waals surface area (Å²) in [6.07, 6.45) is 3.41. The van der Waals surface area contributed by atoms with Crippen molar-refractivity contribution < 1.29 is 9.31 Å². The van der Waals surface area contributed by atoms with Crippen molar-refractivity contribution in [3.05, 3.63) is 95.1 Å². The van der Waals surface area contributed by atoms with Gasteiger partial charge in [0, 0.05) is 41.3 Å². The molecule has 2 aromatic carbocycles. The maximum absolute atomic E-state index is 13.3. The predicted molar refractivity (Wildman–Crippen MR) is 102 cm³/mol. The van der Waals surface area contributed by atoms with E-state index < -0.39 is 4.92 Å². The molecule has 0 saturated heterocycles. The minimum absolute atomic E-state index is 0.0402. The van der Waals surface area contributed by atoms with Crippen LogP contribution in [-0.2, 0) is 0 Å². The fourth-order valence-electron chi connectivity index (χ4n) is 2.98. The Kier molecular flexibility index (Phi) is 4.22. The summed E-state index contributed by atoms with van der Waals surface area (Å²) >= 11 is 0. The second-order valence-electron chi connectivity index (χ2n) is 6.02. The van der Waals surface area contributed by atoms with E-state index in [-0.39, 0.29) is 11.5 Å².